The average molecular weight is 915 g/mol. The fourth-order valence-electron chi connectivity index (χ4n) is 7.73. The van der Waals surface area contributed by atoms with Crippen molar-refractivity contribution in [1.82, 2.24) is 14.2 Å². The van der Waals surface area contributed by atoms with Gasteiger partial charge in [-0.05, 0) is 60.7 Å². The first-order valence-electron chi connectivity index (χ1n) is 20.9. The Morgan fingerprint density at radius 1 is 0.825 bits per heavy atom. The van der Waals surface area contributed by atoms with Gasteiger partial charge in [0.15, 0.2) is 13.7 Å². The standard InChI is InChI=1S/C47H55N4O9PS2/c1-33-31-51(46(53)49-43(33)48)44-42(57-28-27-54-2)41(60-61(50-25-11-12-26-50)63-30-29-62-45(52)34-13-7-5-8-14-34)40(59-44)32-58-47(35-15-9-6-10-16-35,36-17-21-38(55-3)22-18-36)37-19-23-39(56-4)24-20-37/h5-10,13-24,31,40-42,44H,11-12,25-30,32H2,1-4H3,(H2,48,49,53)/t40-,41?,42?,44-,61?/m1/s1. The number of ether oxygens (including phenoxy) is 6. The summed E-state index contributed by atoms with van der Waals surface area (Å²) in [6, 6.07) is 35.1. The number of hydrogen-bond donors (Lipinski definition) is 1. The molecule has 5 atom stereocenters. The van der Waals surface area contributed by atoms with Crippen LogP contribution in [0.15, 0.2) is 120 Å². The summed E-state index contributed by atoms with van der Waals surface area (Å²) in [5, 5.41) is 0.0342. The third-order valence-electron chi connectivity index (χ3n) is 11.0. The lowest BCUT2D eigenvalue weighted by Crippen LogP contribution is -2.42. The molecule has 0 radical (unpaired) electrons. The SMILES string of the molecule is COCCOC1C(OP(SCCSC(=O)c2ccccc2)N2CCCC2)[C@@H](COC(c2ccccc2)(c2ccc(OC)cc2)c2ccc(OC)cc2)O[C@H]1n1cc(C)c(N)nc1=O. The van der Waals surface area contributed by atoms with Gasteiger partial charge in [0.2, 0.25) is 5.12 Å². The number of rotatable bonds is 21. The number of carbonyl (C=O) groups is 1. The first-order valence-corrected chi connectivity index (χ1v) is 24.7. The minimum absolute atomic E-state index is 0.0175. The number of carbonyl (C=O) groups excluding carboxylic acids is 1. The molecule has 0 aliphatic carbocycles. The summed E-state index contributed by atoms with van der Waals surface area (Å²) in [5.41, 5.74) is 8.26. The molecule has 334 valence electrons. The van der Waals surface area contributed by atoms with Crippen LogP contribution in [0.2, 0.25) is 0 Å². The second-order valence-electron chi connectivity index (χ2n) is 15.0. The van der Waals surface area contributed by atoms with E-state index in [0.717, 1.165) is 42.6 Å². The molecule has 16 heteroatoms. The van der Waals surface area contributed by atoms with Crippen LogP contribution in [0.25, 0.3) is 0 Å². The Balaban J connectivity index is 1.28. The van der Waals surface area contributed by atoms with Crippen molar-refractivity contribution >= 4 is 41.6 Å². The van der Waals surface area contributed by atoms with Gasteiger partial charge in [-0.2, -0.15) is 4.98 Å². The zero-order chi connectivity index (χ0) is 44.2. The van der Waals surface area contributed by atoms with E-state index in [2.05, 4.69) is 9.65 Å². The molecule has 0 saturated carbocycles. The van der Waals surface area contributed by atoms with Gasteiger partial charge in [-0.25, -0.2) is 4.79 Å². The summed E-state index contributed by atoms with van der Waals surface area (Å²) < 4.78 is 48.8. The Labute approximate surface area is 378 Å². The molecule has 2 aliphatic heterocycles. The van der Waals surface area contributed by atoms with E-state index < -0.39 is 43.3 Å². The largest absolute Gasteiger partial charge is 0.497 e. The minimum atomic E-state index is -1.29. The van der Waals surface area contributed by atoms with Crippen LogP contribution in [-0.4, -0.2) is 103 Å². The number of aryl methyl sites for hydroxylation is 1. The third-order valence-corrected chi connectivity index (χ3v) is 16.2. The van der Waals surface area contributed by atoms with Gasteiger partial charge in [0, 0.05) is 49.0 Å². The van der Waals surface area contributed by atoms with Crippen molar-refractivity contribution < 1.29 is 37.7 Å². The van der Waals surface area contributed by atoms with Crippen LogP contribution < -0.4 is 20.9 Å². The first kappa shape index (κ1) is 46.7. The monoisotopic (exact) mass is 914 g/mol. The molecule has 7 rings (SSSR count). The maximum absolute atomic E-state index is 13.7. The number of hydrogen-bond acceptors (Lipinski definition) is 14. The summed E-state index contributed by atoms with van der Waals surface area (Å²) in [7, 11) is 3.60. The summed E-state index contributed by atoms with van der Waals surface area (Å²) >= 11 is 3.00. The predicted molar refractivity (Wildman–Crippen MR) is 250 cm³/mol. The summed E-state index contributed by atoms with van der Waals surface area (Å²) in [6.07, 6.45) is 0.527. The molecule has 2 fully saturated rings. The highest BCUT2D eigenvalue weighted by atomic mass is 32.7. The summed E-state index contributed by atoms with van der Waals surface area (Å²) in [5.74, 6) is 2.83. The first-order chi connectivity index (χ1) is 30.7. The zero-order valence-corrected chi connectivity index (χ0v) is 38.5. The van der Waals surface area contributed by atoms with Crippen LogP contribution in [0.5, 0.6) is 11.5 Å². The summed E-state index contributed by atoms with van der Waals surface area (Å²) in [4.78, 5) is 30.8. The molecule has 3 unspecified atom stereocenters. The van der Waals surface area contributed by atoms with E-state index in [1.54, 1.807) is 45.8 Å². The van der Waals surface area contributed by atoms with Gasteiger partial charge >= 0.3 is 5.69 Å². The highest BCUT2D eigenvalue weighted by molar-refractivity contribution is 8.53. The lowest BCUT2D eigenvalue weighted by Gasteiger charge is -2.38. The lowest BCUT2D eigenvalue weighted by atomic mass is 9.80. The molecule has 2 N–H and O–H groups in total. The van der Waals surface area contributed by atoms with Crippen LogP contribution in [-0.2, 0) is 29.1 Å². The zero-order valence-electron chi connectivity index (χ0n) is 36.0. The number of nitrogens with two attached hydrogens (primary N) is 1. The van der Waals surface area contributed by atoms with E-state index in [4.69, 9.17) is 38.7 Å². The Morgan fingerprint density at radius 3 is 2.03 bits per heavy atom. The highest BCUT2D eigenvalue weighted by Gasteiger charge is 2.51. The highest BCUT2D eigenvalue weighted by Crippen LogP contribution is 2.58. The minimum Gasteiger partial charge on any atom is -0.497 e. The summed E-state index contributed by atoms with van der Waals surface area (Å²) in [6.45, 7) is 4.07. The number of aromatic nitrogens is 2. The van der Waals surface area contributed by atoms with E-state index in [-0.39, 0.29) is 24.1 Å². The Morgan fingerprint density at radius 2 is 1.43 bits per heavy atom. The van der Waals surface area contributed by atoms with Crippen molar-refractivity contribution in [3.8, 4) is 11.5 Å². The number of methoxy groups -OCH3 is 3. The van der Waals surface area contributed by atoms with Crippen molar-refractivity contribution in [2.24, 2.45) is 0 Å². The van der Waals surface area contributed by atoms with Gasteiger partial charge in [0.05, 0.1) is 34.0 Å². The molecule has 3 heterocycles. The van der Waals surface area contributed by atoms with Crippen molar-refractivity contribution in [3.05, 3.63) is 154 Å². The third kappa shape index (κ3) is 11.2. The number of nitrogen functional groups attached to an aromatic ring is 1. The molecular formula is C47H55N4O9PS2. The normalized spacial score (nSPS) is 19.6. The molecular weight excluding hydrogens is 860 g/mol. The number of benzene rings is 4. The van der Waals surface area contributed by atoms with E-state index in [0.29, 0.717) is 40.7 Å². The van der Waals surface area contributed by atoms with E-state index >= 15 is 0 Å². The number of anilines is 1. The molecule has 63 heavy (non-hydrogen) atoms. The molecule has 5 aromatic rings. The molecule has 4 aromatic carbocycles. The van der Waals surface area contributed by atoms with Gasteiger partial charge in [0.1, 0.15) is 41.2 Å². The number of nitrogens with zero attached hydrogens (tertiary/aromatic N) is 3. The quantitative estimate of drug-likeness (QED) is 0.0430. The average Bonchev–Trinajstić information content (AvgIpc) is 3.98. The molecule has 2 saturated heterocycles. The fourth-order valence-corrected chi connectivity index (χ4v) is 13.0. The van der Waals surface area contributed by atoms with E-state index in [1.807, 2.05) is 109 Å². The smallest absolute Gasteiger partial charge is 0.351 e. The van der Waals surface area contributed by atoms with Crippen molar-refractivity contribution in [1.29, 1.82) is 0 Å². The van der Waals surface area contributed by atoms with Gasteiger partial charge in [-0.1, -0.05) is 108 Å². The van der Waals surface area contributed by atoms with Gasteiger partial charge in [-0.3, -0.25) is 14.0 Å². The molecule has 0 bridgehead atoms. The predicted octanol–water partition coefficient (Wildman–Crippen LogP) is 8.10. The maximum atomic E-state index is 13.7. The maximum Gasteiger partial charge on any atom is 0.351 e. The van der Waals surface area contributed by atoms with Crippen molar-refractivity contribution in [2.45, 2.75) is 49.9 Å². The molecule has 2 aliphatic rings. The second kappa shape index (κ2) is 22.6. The fraction of sp³-hybridized carbons (Fsp3) is 0.383. The number of thioether (sulfide) groups is 1. The van der Waals surface area contributed by atoms with Crippen molar-refractivity contribution in [3.63, 3.8) is 0 Å². The Hall–Kier alpha value is -4.28. The Bertz CT molecular complexity index is 2220. The molecule has 0 spiro atoms. The lowest BCUT2D eigenvalue weighted by molar-refractivity contribution is -0.0989. The van der Waals surface area contributed by atoms with E-state index in [1.165, 1.54) is 16.3 Å². The van der Waals surface area contributed by atoms with Crippen LogP contribution in [0.3, 0.4) is 0 Å². The molecule has 0 amide bonds. The van der Waals surface area contributed by atoms with Crippen LogP contribution >= 0.6 is 30.6 Å². The van der Waals surface area contributed by atoms with Crippen LogP contribution in [0.4, 0.5) is 5.82 Å². The van der Waals surface area contributed by atoms with Crippen LogP contribution in [0, 0.1) is 6.92 Å². The van der Waals surface area contributed by atoms with Crippen LogP contribution in [0.1, 0.15) is 51.7 Å². The Kier molecular flexibility index (Phi) is 16.7. The van der Waals surface area contributed by atoms with Gasteiger partial charge < -0.3 is 38.7 Å². The van der Waals surface area contributed by atoms with Crippen molar-refractivity contribution in [2.75, 3.05) is 71.5 Å². The van der Waals surface area contributed by atoms with Gasteiger partial charge in [0.25, 0.3) is 0 Å². The topological polar surface area (TPSA) is 146 Å². The molecule has 13 nitrogen and oxygen atoms in total. The molecule has 1 aromatic heterocycles. The second-order valence-corrected chi connectivity index (χ2v) is 19.7. The van der Waals surface area contributed by atoms with Gasteiger partial charge in [-0.15, -0.1) is 0 Å². The van der Waals surface area contributed by atoms with E-state index in [9.17, 15) is 9.59 Å².